The van der Waals surface area contributed by atoms with Crippen LogP contribution in [0, 0.1) is 5.82 Å². The average molecular weight is 330 g/mol. The first kappa shape index (κ1) is 13.0. The first-order valence-corrected chi connectivity index (χ1v) is 6.11. The van der Waals surface area contributed by atoms with Crippen LogP contribution in [0.4, 0.5) is 10.1 Å². The van der Waals surface area contributed by atoms with Crippen molar-refractivity contribution in [2.75, 3.05) is 5.32 Å². The fourth-order valence-electron chi connectivity index (χ4n) is 1.33. The minimum Gasteiger partial charge on any atom is -0.322 e. The number of pyridine rings is 1. The summed E-state index contributed by atoms with van der Waals surface area (Å²) in [5.74, 6) is -0.863. The molecule has 0 aliphatic carbocycles. The Bertz CT molecular complexity index is 606. The summed E-state index contributed by atoms with van der Waals surface area (Å²) in [6.07, 6.45) is 2.83. The van der Waals surface area contributed by atoms with Crippen LogP contribution in [0.25, 0.3) is 0 Å². The molecule has 0 saturated carbocycles. The van der Waals surface area contributed by atoms with E-state index in [4.69, 9.17) is 11.6 Å². The summed E-state index contributed by atoms with van der Waals surface area (Å²) in [6.45, 7) is 0. The molecular weight excluding hydrogens is 322 g/mol. The lowest BCUT2D eigenvalue weighted by Gasteiger charge is -2.06. The summed E-state index contributed by atoms with van der Waals surface area (Å²) in [6, 6.07) is 5.81. The second kappa shape index (κ2) is 5.46. The molecule has 18 heavy (non-hydrogen) atoms. The topological polar surface area (TPSA) is 42.0 Å². The number of carbonyl (C=O) groups is 1. The molecule has 92 valence electrons. The van der Waals surface area contributed by atoms with E-state index < -0.39 is 11.7 Å². The van der Waals surface area contributed by atoms with Crippen LogP contribution in [0.1, 0.15) is 10.4 Å². The summed E-state index contributed by atoms with van der Waals surface area (Å²) in [5, 5.41) is 2.80. The Balaban J connectivity index is 2.22. The third-order valence-electron chi connectivity index (χ3n) is 2.19. The van der Waals surface area contributed by atoms with Crippen LogP contribution < -0.4 is 5.32 Å². The van der Waals surface area contributed by atoms with Gasteiger partial charge in [-0.3, -0.25) is 9.78 Å². The van der Waals surface area contributed by atoms with Crippen LogP contribution in [-0.2, 0) is 0 Å². The molecular formula is C12H7BrClFN2O. The molecule has 0 unspecified atom stereocenters. The molecule has 0 radical (unpaired) electrons. The van der Waals surface area contributed by atoms with E-state index >= 15 is 0 Å². The molecule has 2 aromatic rings. The first-order valence-electron chi connectivity index (χ1n) is 4.94. The zero-order valence-corrected chi connectivity index (χ0v) is 11.3. The molecule has 0 aliphatic rings. The largest absolute Gasteiger partial charge is 0.322 e. The van der Waals surface area contributed by atoms with E-state index in [1.54, 1.807) is 6.07 Å². The third-order valence-corrected chi connectivity index (χ3v) is 3.14. The van der Waals surface area contributed by atoms with Crippen molar-refractivity contribution < 1.29 is 9.18 Å². The quantitative estimate of drug-likeness (QED) is 0.908. The number of hydrogen-bond acceptors (Lipinski definition) is 2. The van der Waals surface area contributed by atoms with E-state index in [9.17, 15) is 9.18 Å². The van der Waals surface area contributed by atoms with Gasteiger partial charge in [-0.2, -0.15) is 0 Å². The minimum atomic E-state index is -0.450. The Morgan fingerprint density at radius 1 is 1.39 bits per heavy atom. The van der Waals surface area contributed by atoms with Crippen LogP contribution in [0.2, 0.25) is 5.02 Å². The number of rotatable bonds is 2. The van der Waals surface area contributed by atoms with Crippen LogP contribution in [0.3, 0.4) is 0 Å². The van der Waals surface area contributed by atoms with Gasteiger partial charge < -0.3 is 5.32 Å². The maximum atomic E-state index is 13.3. The molecule has 1 aromatic carbocycles. The van der Waals surface area contributed by atoms with E-state index in [-0.39, 0.29) is 10.6 Å². The van der Waals surface area contributed by atoms with Gasteiger partial charge in [0.15, 0.2) is 0 Å². The molecule has 1 N–H and O–H groups in total. The Morgan fingerprint density at radius 3 is 2.83 bits per heavy atom. The molecule has 1 aromatic heterocycles. The van der Waals surface area contributed by atoms with Crippen molar-refractivity contribution in [3.8, 4) is 0 Å². The minimum absolute atomic E-state index is 0.243. The molecule has 0 bridgehead atoms. The van der Waals surface area contributed by atoms with Gasteiger partial charge in [-0.05, 0) is 40.2 Å². The number of carbonyl (C=O) groups excluding carboxylic acids is 1. The van der Waals surface area contributed by atoms with E-state index in [0.29, 0.717) is 10.2 Å². The van der Waals surface area contributed by atoms with E-state index in [1.165, 1.54) is 30.6 Å². The molecule has 0 spiro atoms. The molecule has 2 rings (SSSR count). The van der Waals surface area contributed by atoms with Gasteiger partial charge in [0.1, 0.15) is 5.82 Å². The van der Waals surface area contributed by atoms with Crippen LogP contribution >= 0.6 is 27.5 Å². The first-order chi connectivity index (χ1) is 8.58. The van der Waals surface area contributed by atoms with Crippen molar-refractivity contribution >= 4 is 39.1 Å². The highest BCUT2D eigenvalue weighted by molar-refractivity contribution is 9.10. The predicted octanol–water partition coefficient (Wildman–Crippen LogP) is 3.89. The smallest absolute Gasteiger partial charge is 0.257 e. The number of halogens is 3. The van der Waals surface area contributed by atoms with Gasteiger partial charge in [0.2, 0.25) is 0 Å². The third kappa shape index (κ3) is 2.86. The van der Waals surface area contributed by atoms with Crippen molar-refractivity contribution in [3.05, 3.63) is 57.5 Å². The van der Waals surface area contributed by atoms with Gasteiger partial charge in [-0.25, -0.2) is 4.39 Å². The molecule has 3 nitrogen and oxygen atoms in total. The van der Waals surface area contributed by atoms with Gasteiger partial charge in [-0.1, -0.05) is 11.6 Å². The van der Waals surface area contributed by atoms with Gasteiger partial charge >= 0.3 is 0 Å². The van der Waals surface area contributed by atoms with Crippen molar-refractivity contribution in [2.24, 2.45) is 0 Å². The molecule has 0 atom stereocenters. The molecule has 0 aliphatic heterocycles. The SMILES string of the molecule is O=C(Nc1ccc(Br)c(F)c1)c1ccncc1Cl. The fraction of sp³-hybridized carbons (Fsp3) is 0. The highest BCUT2D eigenvalue weighted by Gasteiger charge is 2.11. The molecule has 0 saturated heterocycles. The summed E-state index contributed by atoms with van der Waals surface area (Å²) >= 11 is 8.87. The lowest BCUT2D eigenvalue weighted by Crippen LogP contribution is -2.12. The standard InChI is InChI=1S/C12H7BrClFN2O/c13-9-2-1-7(5-11(9)15)17-12(18)8-3-4-16-6-10(8)14/h1-6H,(H,17,18). The number of anilines is 1. The number of amides is 1. The van der Waals surface area contributed by atoms with Crippen LogP contribution in [0.5, 0.6) is 0 Å². The van der Waals surface area contributed by atoms with Gasteiger partial charge in [0, 0.05) is 18.1 Å². The summed E-state index contributed by atoms with van der Waals surface area (Å²) in [7, 11) is 0. The zero-order chi connectivity index (χ0) is 13.1. The van der Waals surface area contributed by atoms with Gasteiger partial charge in [0.05, 0.1) is 15.1 Å². The monoisotopic (exact) mass is 328 g/mol. The maximum Gasteiger partial charge on any atom is 0.257 e. The fourth-order valence-corrected chi connectivity index (χ4v) is 1.78. The second-order valence-corrected chi connectivity index (χ2v) is 4.70. The number of hydrogen-bond donors (Lipinski definition) is 1. The Kier molecular flexibility index (Phi) is 3.93. The molecule has 1 heterocycles. The maximum absolute atomic E-state index is 13.3. The normalized spacial score (nSPS) is 10.2. The van der Waals surface area contributed by atoms with Crippen LogP contribution in [-0.4, -0.2) is 10.9 Å². The lowest BCUT2D eigenvalue weighted by atomic mass is 10.2. The van der Waals surface area contributed by atoms with Gasteiger partial charge in [0.25, 0.3) is 5.91 Å². The Hall–Kier alpha value is -1.46. The molecule has 0 fully saturated rings. The van der Waals surface area contributed by atoms with Crippen molar-refractivity contribution in [1.82, 2.24) is 4.98 Å². The van der Waals surface area contributed by atoms with E-state index in [1.807, 2.05) is 0 Å². The second-order valence-electron chi connectivity index (χ2n) is 3.44. The summed E-state index contributed by atoms with van der Waals surface area (Å²) < 4.78 is 13.6. The molecule has 6 heteroatoms. The number of nitrogens with one attached hydrogen (secondary N) is 1. The van der Waals surface area contributed by atoms with E-state index in [0.717, 1.165) is 0 Å². The van der Waals surface area contributed by atoms with Gasteiger partial charge in [-0.15, -0.1) is 0 Å². The van der Waals surface area contributed by atoms with Crippen molar-refractivity contribution in [3.63, 3.8) is 0 Å². The highest BCUT2D eigenvalue weighted by Crippen LogP contribution is 2.21. The lowest BCUT2D eigenvalue weighted by molar-refractivity contribution is 0.102. The average Bonchev–Trinajstić information content (AvgIpc) is 2.34. The zero-order valence-electron chi connectivity index (χ0n) is 8.95. The number of nitrogens with zero attached hydrogens (tertiary/aromatic N) is 1. The summed E-state index contributed by atoms with van der Waals surface area (Å²) in [4.78, 5) is 15.7. The summed E-state index contributed by atoms with van der Waals surface area (Å²) in [5.41, 5.74) is 0.642. The van der Waals surface area contributed by atoms with Crippen molar-refractivity contribution in [2.45, 2.75) is 0 Å². The number of aromatic nitrogens is 1. The Morgan fingerprint density at radius 2 is 2.17 bits per heavy atom. The highest BCUT2D eigenvalue weighted by atomic mass is 79.9. The number of benzene rings is 1. The van der Waals surface area contributed by atoms with Crippen LogP contribution in [0.15, 0.2) is 41.1 Å². The van der Waals surface area contributed by atoms with Crippen molar-refractivity contribution in [1.29, 1.82) is 0 Å². The predicted molar refractivity (Wildman–Crippen MR) is 71.3 cm³/mol. The van der Waals surface area contributed by atoms with E-state index in [2.05, 4.69) is 26.2 Å². The molecule has 1 amide bonds. The Labute approximate surface area is 116 Å².